The molecule has 0 radical (unpaired) electrons. The topological polar surface area (TPSA) is 59.9 Å². The maximum atomic E-state index is 5.00. The molecule has 2 aliphatic heterocycles. The Kier molecular flexibility index (Phi) is 8.70. The quantitative estimate of drug-likeness (QED) is 0.357. The summed E-state index contributed by atoms with van der Waals surface area (Å²) < 4.78 is 0. The van der Waals surface area contributed by atoms with Crippen molar-refractivity contribution in [1.29, 1.82) is 0 Å². The summed E-state index contributed by atoms with van der Waals surface area (Å²) in [6.45, 7) is 12.0. The summed E-state index contributed by atoms with van der Waals surface area (Å²) in [5.41, 5.74) is 1.50. The van der Waals surface area contributed by atoms with Crippen LogP contribution in [0.5, 0.6) is 0 Å². The highest BCUT2D eigenvalue weighted by molar-refractivity contribution is 14.0. The lowest BCUT2D eigenvalue weighted by Crippen LogP contribution is -2.53. The van der Waals surface area contributed by atoms with Gasteiger partial charge in [-0.2, -0.15) is 0 Å². The molecule has 4 heterocycles. The lowest BCUT2D eigenvalue weighted by atomic mass is 10.1. The van der Waals surface area contributed by atoms with Crippen LogP contribution in [0.2, 0.25) is 0 Å². The molecule has 1 atom stereocenters. The highest BCUT2D eigenvalue weighted by Crippen LogP contribution is 2.25. The second-order valence-electron chi connectivity index (χ2n) is 7.66. The van der Waals surface area contributed by atoms with Crippen molar-refractivity contribution in [2.75, 3.05) is 50.7 Å². The lowest BCUT2D eigenvalue weighted by molar-refractivity contribution is 0.196. The van der Waals surface area contributed by atoms with Gasteiger partial charge >= 0.3 is 0 Å². The maximum absolute atomic E-state index is 5.00. The molecule has 1 N–H and O–H groups in total. The summed E-state index contributed by atoms with van der Waals surface area (Å²) in [7, 11) is 0. The molecule has 1 fully saturated rings. The van der Waals surface area contributed by atoms with Gasteiger partial charge in [0, 0.05) is 69.1 Å². The summed E-state index contributed by atoms with van der Waals surface area (Å²) in [6, 6.07) is 4.58. The SMILES string of the molecule is CCNC(=NCC(C)N1CCc2sccc2C1)N1CCN(c2ncccn2)CC1.I. The molecule has 2 aromatic heterocycles. The van der Waals surface area contributed by atoms with Crippen LogP contribution in [0.3, 0.4) is 0 Å². The Morgan fingerprint density at radius 1 is 1.20 bits per heavy atom. The molecule has 2 aromatic rings. The number of fused-ring (bicyclic) bond motifs is 1. The Morgan fingerprint density at radius 3 is 2.70 bits per heavy atom. The standard InChI is InChI=1S/C21H31N7S.HI/c1-3-22-20(26-10-12-27(13-11-26)21-23-7-4-8-24-21)25-15-17(2)28-9-5-19-18(16-28)6-14-29-19;/h4,6-8,14,17H,3,5,9-13,15-16H2,1-2H3,(H,22,25);1H. The van der Waals surface area contributed by atoms with E-state index in [1.54, 1.807) is 17.3 Å². The van der Waals surface area contributed by atoms with E-state index in [9.17, 15) is 0 Å². The van der Waals surface area contributed by atoms with E-state index in [0.717, 1.165) is 64.3 Å². The fourth-order valence-electron chi connectivity index (χ4n) is 3.98. The minimum absolute atomic E-state index is 0. The molecule has 0 saturated carbocycles. The van der Waals surface area contributed by atoms with Gasteiger partial charge in [0.25, 0.3) is 0 Å². The molecule has 164 valence electrons. The first-order valence-electron chi connectivity index (χ1n) is 10.6. The van der Waals surface area contributed by atoms with E-state index in [2.05, 4.69) is 55.3 Å². The molecule has 1 unspecified atom stereocenters. The van der Waals surface area contributed by atoms with E-state index >= 15 is 0 Å². The van der Waals surface area contributed by atoms with Gasteiger partial charge in [-0.15, -0.1) is 35.3 Å². The molecule has 0 spiro atoms. The van der Waals surface area contributed by atoms with Crippen molar-refractivity contribution in [3.05, 3.63) is 40.3 Å². The van der Waals surface area contributed by atoms with Crippen LogP contribution in [0.1, 0.15) is 24.3 Å². The zero-order valence-electron chi connectivity index (χ0n) is 17.8. The number of halogens is 1. The molecule has 2 aliphatic rings. The van der Waals surface area contributed by atoms with Crippen molar-refractivity contribution < 1.29 is 0 Å². The third kappa shape index (κ3) is 5.61. The largest absolute Gasteiger partial charge is 0.357 e. The van der Waals surface area contributed by atoms with Gasteiger partial charge in [0.15, 0.2) is 5.96 Å². The van der Waals surface area contributed by atoms with Crippen LogP contribution in [0.4, 0.5) is 5.95 Å². The Morgan fingerprint density at radius 2 is 1.97 bits per heavy atom. The first-order chi connectivity index (χ1) is 14.2. The van der Waals surface area contributed by atoms with Crippen LogP contribution < -0.4 is 10.2 Å². The fraction of sp³-hybridized carbons (Fsp3) is 0.571. The van der Waals surface area contributed by atoms with E-state index in [4.69, 9.17) is 4.99 Å². The van der Waals surface area contributed by atoms with Gasteiger partial charge in [-0.05, 0) is 43.3 Å². The summed E-state index contributed by atoms with van der Waals surface area (Å²) in [5, 5.41) is 5.71. The van der Waals surface area contributed by atoms with Gasteiger partial charge < -0.3 is 15.1 Å². The van der Waals surface area contributed by atoms with Crippen LogP contribution in [0.25, 0.3) is 0 Å². The molecular weight excluding hydrogens is 509 g/mol. The number of hydrogen-bond donors (Lipinski definition) is 1. The molecule has 0 aliphatic carbocycles. The van der Waals surface area contributed by atoms with Gasteiger partial charge in [-0.3, -0.25) is 9.89 Å². The zero-order valence-corrected chi connectivity index (χ0v) is 21.0. The van der Waals surface area contributed by atoms with Gasteiger partial charge in [-0.1, -0.05) is 0 Å². The van der Waals surface area contributed by atoms with Crippen molar-refractivity contribution in [2.24, 2.45) is 4.99 Å². The summed E-state index contributed by atoms with van der Waals surface area (Å²) in [5.74, 6) is 1.85. The van der Waals surface area contributed by atoms with Crippen LogP contribution in [0.15, 0.2) is 34.9 Å². The highest BCUT2D eigenvalue weighted by Gasteiger charge is 2.23. The van der Waals surface area contributed by atoms with Gasteiger partial charge in [0.05, 0.1) is 6.54 Å². The van der Waals surface area contributed by atoms with E-state index in [-0.39, 0.29) is 24.0 Å². The monoisotopic (exact) mass is 541 g/mol. The van der Waals surface area contributed by atoms with Crippen molar-refractivity contribution in [3.63, 3.8) is 0 Å². The zero-order chi connectivity index (χ0) is 20.1. The van der Waals surface area contributed by atoms with Crippen LogP contribution >= 0.6 is 35.3 Å². The molecular formula is C21H32IN7S. The van der Waals surface area contributed by atoms with Crippen LogP contribution in [-0.4, -0.2) is 77.6 Å². The predicted molar refractivity (Wildman–Crippen MR) is 135 cm³/mol. The fourth-order valence-corrected chi connectivity index (χ4v) is 4.87. The van der Waals surface area contributed by atoms with E-state index < -0.39 is 0 Å². The average Bonchev–Trinajstić information content (AvgIpc) is 3.25. The van der Waals surface area contributed by atoms with E-state index in [1.807, 2.05) is 17.4 Å². The van der Waals surface area contributed by atoms with E-state index in [0.29, 0.717) is 6.04 Å². The number of anilines is 1. The molecule has 7 nitrogen and oxygen atoms in total. The number of nitrogens with zero attached hydrogens (tertiary/aromatic N) is 6. The molecule has 4 rings (SSSR count). The third-order valence-electron chi connectivity index (χ3n) is 5.71. The van der Waals surface area contributed by atoms with Gasteiger partial charge in [0.1, 0.15) is 0 Å². The van der Waals surface area contributed by atoms with Crippen LogP contribution in [0, 0.1) is 0 Å². The van der Waals surface area contributed by atoms with Gasteiger partial charge in [-0.25, -0.2) is 9.97 Å². The Labute approximate surface area is 200 Å². The molecule has 0 bridgehead atoms. The summed E-state index contributed by atoms with van der Waals surface area (Å²) >= 11 is 1.90. The molecule has 0 aromatic carbocycles. The number of rotatable bonds is 5. The number of piperazine rings is 1. The third-order valence-corrected chi connectivity index (χ3v) is 6.74. The Balaban J connectivity index is 0.00000256. The number of aromatic nitrogens is 2. The number of hydrogen-bond acceptors (Lipinski definition) is 6. The van der Waals surface area contributed by atoms with Crippen LogP contribution in [-0.2, 0) is 13.0 Å². The van der Waals surface area contributed by atoms with Gasteiger partial charge in [0.2, 0.25) is 5.95 Å². The first kappa shape index (κ1) is 23.2. The number of guanidine groups is 1. The summed E-state index contributed by atoms with van der Waals surface area (Å²) in [6.07, 6.45) is 4.78. The molecule has 9 heteroatoms. The normalized spacial score (nSPS) is 18.5. The smallest absolute Gasteiger partial charge is 0.225 e. The van der Waals surface area contributed by atoms with Crippen molar-refractivity contribution in [1.82, 2.24) is 25.1 Å². The van der Waals surface area contributed by atoms with Crippen molar-refractivity contribution in [3.8, 4) is 0 Å². The molecule has 1 saturated heterocycles. The second-order valence-corrected chi connectivity index (χ2v) is 8.66. The number of aliphatic imine (C=N–C) groups is 1. The predicted octanol–water partition coefficient (Wildman–Crippen LogP) is 2.69. The summed E-state index contributed by atoms with van der Waals surface area (Å²) in [4.78, 5) is 22.5. The minimum atomic E-state index is 0. The number of nitrogens with one attached hydrogen (secondary N) is 1. The lowest BCUT2D eigenvalue weighted by Gasteiger charge is -2.37. The Bertz CT molecular complexity index is 805. The second kappa shape index (κ2) is 11.2. The molecule has 0 amide bonds. The first-order valence-corrected chi connectivity index (χ1v) is 11.5. The van der Waals surface area contributed by atoms with E-state index in [1.165, 1.54) is 12.0 Å². The highest BCUT2D eigenvalue weighted by atomic mass is 127. The minimum Gasteiger partial charge on any atom is -0.357 e. The number of thiophene rings is 1. The molecule has 30 heavy (non-hydrogen) atoms. The maximum Gasteiger partial charge on any atom is 0.225 e. The van der Waals surface area contributed by atoms with Crippen molar-refractivity contribution >= 4 is 47.2 Å². The van der Waals surface area contributed by atoms with Crippen molar-refractivity contribution in [2.45, 2.75) is 32.9 Å². The Hall–Kier alpha value is -1.46. The average molecular weight is 542 g/mol.